The van der Waals surface area contributed by atoms with E-state index in [2.05, 4.69) is 9.71 Å². The number of rotatable bonds is 3. The number of benzene rings is 1. The van der Waals surface area contributed by atoms with Crippen LogP contribution in [-0.4, -0.2) is 13.4 Å². The molecule has 0 aliphatic rings. The Kier molecular flexibility index (Phi) is 3.93. The molecule has 2 rings (SSSR count). The minimum atomic E-state index is -3.97. The van der Waals surface area contributed by atoms with Gasteiger partial charge in [-0.15, -0.1) is 0 Å². The average molecular weight is 321 g/mol. The monoisotopic (exact) mass is 320 g/mol. The molecule has 0 bridgehead atoms. The van der Waals surface area contributed by atoms with Crippen molar-refractivity contribution in [3.05, 3.63) is 52.5 Å². The van der Waals surface area contributed by atoms with Crippen molar-refractivity contribution in [1.82, 2.24) is 4.98 Å². The first-order chi connectivity index (χ1) is 8.90. The highest BCUT2D eigenvalue weighted by Crippen LogP contribution is 2.24. The van der Waals surface area contributed by atoms with E-state index in [1.54, 1.807) is 0 Å². The maximum atomic E-state index is 13.4. The first kappa shape index (κ1) is 14.0. The lowest BCUT2D eigenvalue weighted by molar-refractivity contribution is 0.598. The molecule has 0 saturated heterocycles. The summed E-state index contributed by atoms with van der Waals surface area (Å²) >= 11 is 11.3. The van der Waals surface area contributed by atoms with Gasteiger partial charge in [0.25, 0.3) is 10.0 Å². The zero-order valence-corrected chi connectivity index (χ0v) is 11.6. The predicted molar refractivity (Wildman–Crippen MR) is 71.5 cm³/mol. The van der Waals surface area contributed by atoms with Gasteiger partial charge in [-0.2, -0.15) is 0 Å². The van der Waals surface area contributed by atoms with Gasteiger partial charge in [0, 0.05) is 6.20 Å². The van der Waals surface area contributed by atoms with Gasteiger partial charge in [-0.3, -0.25) is 4.72 Å². The fraction of sp³-hybridized carbons (Fsp3) is 0. The van der Waals surface area contributed by atoms with Crippen LogP contribution in [0.1, 0.15) is 0 Å². The van der Waals surface area contributed by atoms with Crippen LogP contribution in [0.4, 0.5) is 10.1 Å². The molecule has 0 unspecified atom stereocenters. The fourth-order valence-electron chi connectivity index (χ4n) is 1.30. The van der Waals surface area contributed by atoms with Gasteiger partial charge in [0.05, 0.1) is 10.7 Å². The molecular weight excluding hydrogens is 314 g/mol. The third-order valence-electron chi connectivity index (χ3n) is 2.20. The lowest BCUT2D eigenvalue weighted by Crippen LogP contribution is -2.14. The SMILES string of the molecule is O=S(=O)(Nc1ccccc1F)c1cnc(Cl)c(Cl)c1. The van der Waals surface area contributed by atoms with E-state index in [-0.39, 0.29) is 20.8 Å². The predicted octanol–water partition coefficient (Wildman–Crippen LogP) is 3.33. The minimum Gasteiger partial charge on any atom is -0.277 e. The molecular formula is C11H7Cl2FN2O2S. The highest BCUT2D eigenvalue weighted by Gasteiger charge is 2.17. The van der Waals surface area contributed by atoms with E-state index < -0.39 is 15.8 Å². The molecule has 0 saturated carbocycles. The Hall–Kier alpha value is -1.37. The van der Waals surface area contributed by atoms with Gasteiger partial charge in [0.1, 0.15) is 15.9 Å². The van der Waals surface area contributed by atoms with Crippen LogP contribution >= 0.6 is 23.2 Å². The highest BCUT2D eigenvalue weighted by atomic mass is 35.5. The molecule has 100 valence electrons. The van der Waals surface area contributed by atoms with Crippen LogP contribution in [0, 0.1) is 5.82 Å². The van der Waals surface area contributed by atoms with Crippen molar-refractivity contribution < 1.29 is 12.8 Å². The van der Waals surface area contributed by atoms with Crippen molar-refractivity contribution in [3.63, 3.8) is 0 Å². The molecule has 19 heavy (non-hydrogen) atoms. The van der Waals surface area contributed by atoms with Crippen LogP contribution in [0.3, 0.4) is 0 Å². The molecule has 0 amide bonds. The second-order valence-corrected chi connectivity index (χ2v) is 5.98. The van der Waals surface area contributed by atoms with Crippen LogP contribution < -0.4 is 4.72 Å². The van der Waals surface area contributed by atoms with Gasteiger partial charge in [0.15, 0.2) is 0 Å². The largest absolute Gasteiger partial charge is 0.277 e. The van der Waals surface area contributed by atoms with E-state index in [4.69, 9.17) is 23.2 Å². The summed E-state index contributed by atoms with van der Waals surface area (Å²) in [5.41, 5.74) is -0.159. The third kappa shape index (κ3) is 3.15. The topological polar surface area (TPSA) is 59.1 Å². The van der Waals surface area contributed by atoms with Gasteiger partial charge in [-0.1, -0.05) is 35.3 Å². The molecule has 1 heterocycles. The summed E-state index contributed by atoms with van der Waals surface area (Å²) in [5.74, 6) is -0.681. The second kappa shape index (κ2) is 5.32. The molecule has 0 atom stereocenters. The molecule has 1 N–H and O–H groups in total. The van der Waals surface area contributed by atoms with Crippen molar-refractivity contribution in [1.29, 1.82) is 0 Å². The fourth-order valence-corrected chi connectivity index (χ4v) is 2.67. The quantitative estimate of drug-likeness (QED) is 0.882. The first-order valence-corrected chi connectivity index (χ1v) is 7.22. The van der Waals surface area contributed by atoms with Crippen molar-refractivity contribution in [3.8, 4) is 0 Å². The number of sulfonamides is 1. The molecule has 0 aliphatic carbocycles. The van der Waals surface area contributed by atoms with Crippen molar-refractivity contribution >= 4 is 38.9 Å². The number of nitrogens with one attached hydrogen (secondary N) is 1. The van der Waals surface area contributed by atoms with Gasteiger partial charge in [-0.05, 0) is 18.2 Å². The van der Waals surface area contributed by atoms with E-state index in [1.165, 1.54) is 18.2 Å². The number of hydrogen-bond acceptors (Lipinski definition) is 3. The molecule has 1 aromatic heterocycles. The normalized spacial score (nSPS) is 11.3. The number of nitrogens with zero attached hydrogens (tertiary/aromatic N) is 1. The molecule has 0 aliphatic heterocycles. The van der Waals surface area contributed by atoms with E-state index >= 15 is 0 Å². The van der Waals surface area contributed by atoms with Gasteiger partial charge >= 0.3 is 0 Å². The number of anilines is 1. The molecule has 2 aromatic rings. The Morgan fingerprint density at radius 1 is 1.21 bits per heavy atom. The number of aromatic nitrogens is 1. The van der Waals surface area contributed by atoms with Crippen molar-refractivity contribution in [2.24, 2.45) is 0 Å². The Labute approximate surface area is 119 Å². The van der Waals surface area contributed by atoms with Crippen LogP contribution in [0.15, 0.2) is 41.4 Å². The van der Waals surface area contributed by atoms with Crippen LogP contribution in [0.2, 0.25) is 10.2 Å². The number of para-hydroxylation sites is 1. The number of halogens is 3. The van der Waals surface area contributed by atoms with Crippen molar-refractivity contribution in [2.75, 3.05) is 4.72 Å². The maximum Gasteiger partial charge on any atom is 0.263 e. The smallest absolute Gasteiger partial charge is 0.263 e. The van der Waals surface area contributed by atoms with Gasteiger partial charge in [0.2, 0.25) is 0 Å². The zero-order chi connectivity index (χ0) is 14.0. The van der Waals surface area contributed by atoms with E-state index in [0.717, 1.165) is 18.3 Å². The summed E-state index contributed by atoms with van der Waals surface area (Å²) in [6, 6.07) is 6.55. The zero-order valence-electron chi connectivity index (χ0n) is 9.27. The van der Waals surface area contributed by atoms with Crippen LogP contribution in [-0.2, 0) is 10.0 Å². The maximum absolute atomic E-state index is 13.4. The molecule has 1 aromatic carbocycles. The van der Waals surface area contributed by atoms with Crippen LogP contribution in [0.5, 0.6) is 0 Å². The standard InChI is InChI=1S/C11H7Cl2FN2O2S/c12-8-5-7(6-15-11(8)13)19(17,18)16-10-4-2-1-3-9(10)14/h1-6,16H. The third-order valence-corrected chi connectivity index (χ3v) is 4.22. The summed E-state index contributed by atoms with van der Waals surface area (Å²) < 4.78 is 39.5. The Morgan fingerprint density at radius 3 is 2.53 bits per heavy atom. The lowest BCUT2D eigenvalue weighted by Gasteiger charge is -2.08. The number of hydrogen-bond donors (Lipinski definition) is 1. The van der Waals surface area contributed by atoms with Gasteiger partial charge in [-0.25, -0.2) is 17.8 Å². The van der Waals surface area contributed by atoms with E-state index in [1.807, 2.05) is 0 Å². The summed E-state index contributed by atoms with van der Waals surface area (Å²) in [7, 11) is -3.97. The van der Waals surface area contributed by atoms with Crippen molar-refractivity contribution in [2.45, 2.75) is 4.90 Å². The molecule has 0 fully saturated rings. The first-order valence-electron chi connectivity index (χ1n) is 4.98. The van der Waals surface area contributed by atoms with E-state index in [9.17, 15) is 12.8 Å². The summed E-state index contributed by atoms with van der Waals surface area (Å²) in [6.07, 6.45) is 1.04. The Balaban J connectivity index is 2.38. The Morgan fingerprint density at radius 2 is 1.89 bits per heavy atom. The molecule has 0 radical (unpaired) electrons. The average Bonchev–Trinajstić information content (AvgIpc) is 2.35. The Bertz CT molecular complexity index is 722. The van der Waals surface area contributed by atoms with E-state index in [0.29, 0.717) is 0 Å². The van der Waals surface area contributed by atoms with Crippen LogP contribution in [0.25, 0.3) is 0 Å². The second-order valence-electron chi connectivity index (χ2n) is 3.53. The summed E-state index contributed by atoms with van der Waals surface area (Å²) in [4.78, 5) is 3.43. The molecule has 0 spiro atoms. The highest BCUT2D eigenvalue weighted by molar-refractivity contribution is 7.92. The molecule has 4 nitrogen and oxygen atoms in total. The summed E-state index contributed by atoms with van der Waals surface area (Å²) in [6.45, 7) is 0. The summed E-state index contributed by atoms with van der Waals surface area (Å²) in [5, 5.41) is -0.00964. The lowest BCUT2D eigenvalue weighted by atomic mass is 10.3. The van der Waals surface area contributed by atoms with Gasteiger partial charge < -0.3 is 0 Å². The molecule has 8 heteroatoms. The minimum absolute atomic E-state index is 0.00178. The number of pyridine rings is 1.